The summed E-state index contributed by atoms with van der Waals surface area (Å²) >= 11 is 0. The lowest BCUT2D eigenvalue weighted by atomic mass is 10.1. The van der Waals surface area contributed by atoms with E-state index in [1.807, 2.05) is 19.1 Å². The first-order chi connectivity index (χ1) is 12.5. The number of nitrogens with one attached hydrogen (secondary N) is 1. The van der Waals surface area contributed by atoms with Gasteiger partial charge in [0.2, 0.25) is 5.76 Å². The number of anilines is 1. The fourth-order valence-corrected chi connectivity index (χ4v) is 2.57. The molecule has 132 valence electrons. The van der Waals surface area contributed by atoms with Crippen molar-refractivity contribution in [2.75, 3.05) is 12.4 Å². The Morgan fingerprint density at radius 2 is 1.88 bits per heavy atom. The van der Waals surface area contributed by atoms with Crippen LogP contribution in [-0.4, -0.2) is 24.1 Å². The summed E-state index contributed by atoms with van der Waals surface area (Å²) in [5.74, 6) is -0.721. The van der Waals surface area contributed by atoms with E-state index < -0.39 is 5.97 Å². The van der Waals surface area contributed by atoms with Gasteiger partial charge in [-0.1, -0.05) is 17.7 Å². The van der Waals surface area contributed by atoms with Crippen LogP contribution in [-0.2, 0) is 0 Å². The quantitative estimate of drug-likeness (QED) is 0.719. The Morgan fingerprint density at radius 3 is 2.54 bits per heavy atom. The SMILES string of the molecule is COc1ccc(NC(=O)c2cccc(C)c2)cc1-c1ccc(C(=O)O)o1. The Balaban J connectivity index is 1.91. The number of aryl methyl sites for hydroxylation is 1. The average molecular weight is 351 g/mol. The number of carboxylic acid groups (broad SMARTS) is 1. The van der Waals surface area contributed by atoms with Crippen LogP contribution in [0.1, 0.15) is 26.5 Å². The molecular weight excluding hydrogens is 334 g/mol. The minimum atomic E-state index is -1.15. The third-order valence-electron chi connectivity index (χ3n) is 3.82. The van der Waals surface area contributed by atoms with Crippen LogP contribution >= 0.6 is 0 Å². The molecular formula is C20H17NO5. The Labute approximate surface area is 150 Å². The van der Waals surface area contributed by atoms with Gasteiger partial charge in [0.1, 0.15) is 11.5 Å². The zero-order valence-electron chi connectivity index (χ0n) is 14.3. The van der Waals surface area contributed by atoms with Crippen LogP contribution in [0.5, 0.6) is 5.75 Å². The van der Waals surface area contributed by atoms with Gasteiger partial charge in [0, 0.05) is 11.3 Å². The van der Waals surface area contributed by atoms with E-state index in [0.29, 0.717) is 28.3 Å². The third-order valence-corrected chi connectivity index (χ3v) is 3.82. The number of aromatic carboxylic acids is 1. The highest BCUT2D eigenvalue weighted by atomic mass is 16.5. The number of furan rings is 1. The molecule has 0 bridgehead atoms. The molecule has 6 nitrogen and oxygen atoms in total. The van der Waals surface area contributed by atoms with Gasteiger partial charge in [-0.15, -0.1) is 0 Å². The number of methoxy groups -OCH3 is 1. The van der Waals surface area contributed by atoms with Crippen LogP contribution in [0, 0.1) is 6.92 Å². The van der Waals surface area contributed by atoms with Gasteiger partial charge >= 0.3 is 5.97 Å². The minimum Gasteiger partial charge on any atom is -0.496 e. The first kappa shape index (κ1) is 17.3. The zero-order valence-corrected chi connectivity index (χ0v) is 14.3. The molecule has 1 amide bonds. The van der Waals surface area contributed by atoms with E-state index in [4.69, 9.17) is 14.3 Å². The molecule has 0 atom stereocenters. The highest BCUT2D eigenvalue weighted by molar-refractivity contribution is 6.04. The maximum Gasteiger partial charge on any atom is 0.371 e. The van der Waals surface area contributed by atoms with Crippen LogP contribution in [0.25, 0.3) is 11.3 Å². The van der Waals surface area contributed by atoms with Crippen molar-refractivity contribution in [3.05, 3.63) is 71.5 Å². The van der Waals surface area contributed by atoms with Gasteiger partial charge in [0.25, 0.3) is 5.91 Å². The van der Waals surface area contributed by atoms with Crippen molar-refractivity contribution in [2.24, 2.45) is 0 Å². The van der Waals surface area contributed by atoms with Crippen molar-refractivity contribution in [3.63, 3.8) is 0 Å². The summed E-state index contributed by atoms with van der Waals surface area (Å²) in [5, 5.41) is 11.8. The Morgan fingerprint density at radius 1 is 1.08 bits per heavy atom. The van der Waals surface area contributed by atoms with Gasteiger partial charge in [-0.3, -0.25) is 4.79 Å². The van der Waals surface area contributed by atoms with Crippen molar-refractivity contribution in [1.82, 2.24) is 0 Å². The molecule has 26 heavy (non-hydrogen) atoms. The second kappa shape index (κ2) is 7.14. The maximum atomic E-state index is 12.4. The van der Waals surface area contributed by atoms with E-state index in [-0.39, 0.29) is 11.7 Å². The molecule has 0 unspecified atom stereocenters. The fourth-order valence-electron chi connectivity index (χ4n) is 2.57. The number of carbonyl (C=O) groups is 2. The highest BCUT2D eigenvalue weighted by Gasteiger charge is 2.15. The predicted octanol–water partition coefficient (Wildman–Crippen LogP) is 4.21. The van der Waals surface area contributed by atoms with Crippen molar-refractivity contribution in [3.8, 4) is 17.1 Å². The smallest absolute Gasteiger partial charge is 0.371 e. The summed E-state index contributed by atoms with van der Waals surface area (Å²) in [6, 6.07) is 15.3. The van der Waals surface area contributed by atoms with Crippen molar-refractivity contribution in [1.29, 1.82) is 0 Å². The van der Waals surface area contributed by atoms with Gasteiger partial charge < -0.3 is 19.6 Å². The van der Waals surface area contributed by atoms with E-state index in [1.165, 1.54) is 13.2 Å². The van der Waals surface area contributed by atoms with Crippen LogP contribution in [0.3, 0.4) is 0 Å². The summed E-state index contributed by atoms with van der Waals surface area (Å²) in [6.07, 6.45) is 0. The molecule has 1 heterocycles. The topological polar surface area (TPSA) is 88.8 Å². The molecule has 0 saturated carbocycles. The number of carboxylic acids is 1. The molecule has 2 aromatic carbocycles. The summed E-state index contributed by atoms with van der Waals surface area (Å²) in [7, 11) is 1.50. The molecule has 0 fully saturated rings. The largest absolute Gasteiger partial charge is 0.496 e. The van der Waals surface area contributed by atoms with E-state index in [1.54, 1.807) is 36.4 Å². The summed E-state index contributed by atoms with van der Waals surface area (Å²) < 4.78 is 10.7. The predicted molar refractivity (Wildman–Crippen MR) is 96.8 cm³/mol. The highest BCUT2D eigenvalue weighted by Crippen LogP contribution is 2.34. The fraction of sp³-hybridized carbons (Fsp3) is 0.100. The molecule has 6 heteroatoms. The number of amides is 1. The van der Waals surface area contributed by atoms with Gasteiger partial charge in [0.05, 0.1) is 12.7 Å². The van der Waals surface area contributed by atoms with Crippen LogP contribution < -0.4 is 10.1 Å². The summed E-state index contributed by atoms with van der Waals surface area (Å²) in [5.41, 5.74) is 2.63. The molecule has 0 aliphatic carbocycles. The average Bonchev–Trinajstić information content (AvgIpc) is 3.12. The lowest BCUT2D eigenvalue weighted by Crippen LogP contribution is -2.12. The lowest BCUT2D eigenvalue weighted by Gasteiger charge is -2.10. The number of ether oxygens (including phenoxy) is 1. The number of carbonyl (C=O) groups excluding carboxylic acids is 1. The standard InChI is InChI=1S/C20H17NO5/c1-12-4-3-5-13(10-12)19(22)21-14-6-7-16(25-2)15(11-14)17-8-9-18(26-17)20(23)24/h3-11H,1-2H3,(H,21,22)(H,23,24). The number of hydrogen-bond acceptors (Lipinski definition) is 4. The van der Waals surface area contributed by atoms with Gasteiger partial charge in [-0.2, -0.15) is 0 Å². The van der Waals surface area contributed by atoms with E-state index in [2.05, 4.69) is 5.32 Å². The number of rotatable bonds is 5. The summed E-state index contributed by atoms with van der Waals surface area (Å²) in [4.78, 5) is 23.4. The van der Waals surface area contributed by atoms with E-state index in [9.17, 15) is 9.59 Å². The van der Waals surface area contributed by atoms with E-state index in [0.717, 1.165) is 5.56 Å². The van der Waals surface area contributed by atoms with Crippen LogP contribution in [0.2, 0.25) is 0 Å². The molecule has 0 radical (unpaired) electrons. The number of benzene rings is 2. The summed E-state index contributed by atoms with van der Waals surface area (Å²) in [6.45, 7) is 1.92. The molecule has 0 aliphatic heterocycles. The molecule has 3 aromatic rings. The molecule has 2 N–H and O–H groups in total. The molecule has 0 spiro atoms. The Kier molecular flexibility index (Phi) is 4.75. The Bertz CT molecular complexity index is 974. The molecule has 1 aromatic heterocycles. The second-order valence-electron chi connectivity index (χ2n) is 5.71. The maximum absolute atomic E-state index is 12.4. The lowest BCUT2D eigenvalue weighted by molar-refractivity contribution is 0.0663. The minimum absolute atomic E-state index is 0.170. The van der Waals surface area contributed by atoms with E-state index >= 15 is 0 Å². The van der Waals surface area contributed by atoms with Crippen molar-refractivity contribution in [2.45, 2.75) is 6.92 Å². The first-order valence-electron chi connectivity index (χ1n) is 7.87. The monoisotopic (exact) mass is 351 g/mol. The van der Waals surface area contributed by atoms with Crippen LogP contribution in [0.4, 0.5) is 5.69 Å². The second-order valence-corrected chi connectivity index (χ2v) is 5.71. The van der Waals surface area contributed by atoms with Crippen molar-refractivity contribution < 1.29 is 23.8 Å². The van der Waals surface area contributed by atoms with Crippen LogP contribution in [0.15, 0.2) is 59.0 Å². The normalized spacial score (nSPS) is 10.4. The first-order valence-corrected chi connectivity index (χ1v) is 7.87. The Hall–Kier alpha value is -3.54. The van der Waals surface area contributed by atoms with Gasteiger partial charge in [-0.25, -0.2) is 4.79 Å². The zero-order chi connectivity index (χ0) is 18.7. The molecule has 0 aliphatic rings. The van der Waals surface area contributed by atoms with Crippen molar-refractivity contribution >= 4 is 17.6 Å². The third kappa shape index (κ3) is 3.59. The molecule has 3 rings (SSSR count). The van der Waals surface area contributed by atoms with Gasteiger partial charge in [-0.05, 0) is 49.4 Å². The number of hydrogen-bond donors (Lipinski definition) is 2. The van der Waals surface area contributed by atoms with Gasteiger partial charge in [0.15, 0.2) is 0 Å². The molecule has 0 saturated heterocycles.